The Morgan fingerprint density at radius 1 is 1.53 bits per heavy atom. The molecule has 0 aromatic carbocycles. The molecule has 1 saturated carbocycles. The SMILES string of the molecule is CC(N)C(OCC1CCCC1)c1cnn(C)c1. The third-order valence-corrected chi connectivity index (χ3v) is 3.52. The molecule has 0 saturated heterocycles. The molecule has 1 aliphatic rings. The first-order chi connectivity index (χ1) is 8.16. The maximum atomic E-state index is 6.01. The van der Waals surface area contributed by atoms with E-state index in [0.29, 0.717) is 0 Å². The van der Waals surface area contributed by atoms with Crippen LogP contribution in [-0.4, -0.2) is 22.4 Å². The van der Waals surface area contributed by atoms with Crippen molar-refractivity contribution in [2.24, 2.45) is 18.7 Å². The van der Waals surface area contributed by atoms with Crippen molar-refractivity contribution in [3.63, 3.8) is 0 Å². The van der Waals surface area contributed by atoms with Gasteiger partial charge in [-0.25, -0.2) is 0 Å². The molecule has 1 fully saturated rings. The maximum Gasteiger partial charge on any atom is 0.100 e. The predicted octanol–water partition coefficient (Wildman–Crippen LogP) is 2.02. The average Bonchev–Trinajstić information content (AvgIpc) is 2.90. The number of aromatic nitrogens is 2. The number of aryl methyl sites for hydroxylation is 1. The summed E-state index contributed by atoms with van der Waals surface area (Å²) >= 11 is 0. The number of rotatable bonds is 5. The Balaban J connectivity index is 1.92. The van der Waals surface area contributed by atoms with Gasteiger partial charge in [0.15, 0.2) is 0 Å². The minimum Gasteiger partial charge on any atom is -0.372 e. The molecule has 2 atom stereocenters. The molecule has 0 radical (unpaired) electrons. The Hall–Kier alpha value is -0.870. The molecule has 2 rings (SSSR count). The van der Waals surface area contributed by atoms with E-state index in [4.69, 9.17) is 10.5 Å². The Bertz CT molecular complexity index is 342. The topological polar surface area (TPSA) is 53.1 Å². The molecule has 4 nitrogen and oxygen atoms in total. The highest BCUT2D eigenvalue weighted by atomic mass is 16.5. The van der Waals surface area contributed by atoms with Crippen molar-refractivity contribution in [3.8, 4) is 0 Å². The van der Waals surface area contributed by atoms with Gasteiger partial charge in [0.05, 0.1) is 12.8 Å². The van der Waals surface area contributed by atoms with E-state index in [1.165, 1.54) is 25.7 Å². The molecule has 0 aliphatic heterocycles. The van der Waals surface area contributed by atoms with E-state index in [0.717, 1.165) is 18.1 Å². The van der Waals surface area contributed by atoms with E-state index in [-0.39, 0.29) is 12.1 Å². The van der Waals surface area contributed by atoms with E-state index in [1.807, 2.05) is 26.4 Å². The second-order valence-corrected chi connectivity index (χ2v) is 5.21. The molecular weight excluding hydrogens is 214 g/mol. The predicted molar refractivity (Wildman–Crippen MR) is 67.5 cm³/mol. The van der Waals surface area contributed by atoms with Crippen molar-refractivity contribution in [1.82, 2.24) is 9.78 Å². The van der Waals surface area contributed by atoms with Crippen molar-refractivity contribution < 1.29 is 4.74 Å². The van der Waals surface area contributed by atoms with Gasteiger partial charge in [-0.2, -0.15) is 5.10 Å². The normalized spacial score (nSPS) is 20.6. The van der Waals surface area contributed by atoms with Gasteiger partial charge in [0.1, 0.15) is 6.10 Å². The molecule has 0 bridgehead atoms. The average molecular weight is 237 g/mol. The van der Waals surface area contributed by atoms with Crippen LogP contribution in [-0.2, 0) is 11.8 Å². The van der Waals surface area contributed by atoms with Gasteiger partial charge < -0.3 is 10.5 Å². The lowest BCUT2D eigenvalue weighted by Gasteiger charge is -2.22. The summed E-state index contributed by atoms with van der Waals surface area (Å²) in [4.78, 5) is 0. The molecule has 17 heavy (non-hydrogen) atoms. The zero-order valence-electron chi connectivity index (χ0n) is 10.8. The lowest BCUT2D eigenvalue weighted by molar-refractivity contribution is 0.0168. The van der Waals surface area contributed by atoms with Crippen LogP contribution in [0.3, 0.4) is 0 Å². The molecule has 0 amide bonds. The first-order valence-corrected chi connectivity index (χ1v) is 6.52. The highest BCUT2D eigenvalue weighted by Gasteiger charge is 2.22. The van der Waals surface area contributed by atoms with Crippen LogP contribution in [0.15, 0.2) is 12.4 Å². The van der Waals surface area contributed by atoms with Crippen molar-refractivity contribution in [2.45, 2.75) is 44.8 Å². The summed E-state index contributed by atoms with van der Waals surface area (Å²) in [6.45, 7) is 2.83. The fourth-order valence-corrected chi connectivity index (χ4v) is 2.56. The molecule has 4 heteroatoms. The van der Waals surface area contributed by atoms with Crippen LogP contribution in [0.5, 0.6) is 0 Å². The van der Waals surface area contributed by atoms with E-state index in [2.05, 4.69) is 5.10 Å². The number of hydrogen-bond donors (Lipinski definition) is 1. The lowest BCUT2D eigenvalue weighted by atomic mass is 10.1. The summed E-state index contributed by atoms with van der Waals surface area (Å²) < 4.78 is 7.80. The minimum atomic E-state index is -0.0238. The molecule has 2 unspecified atom stereocenters. The van der Waals surface area contributed by atoms with Crippen molar-refractivity contribution in [2.75, 3.05) is 6.61 Å². The Kier molecular flexibility index (Phi) is 4.18. The summed E-state index contributed by atoms with van der Waals surface area (Å²) in [5.41, 5.74) is 7.08. The van der Waals surface area contributed by atoms with Gasteiger partial charge >= 0.3 is 0 Å². The van der Waals surface area contributed by atoms with Gasteiger partial charge in [-0.3, -0.25) is 4.68 Å². The summed E-state index contributed by atoms with van der Waals surface area (Å²) in [7, 11) is 1.92. The summed E-state index contributed by atoms with van der Waals surface area (Å²) in [6.07, 6.45) is 9.13. The molecule has 1 heterocycles. The smallest absolute Gasteiger partial charge is 0.100 e. The monoisotopic (exact) mass is 237 g/mol. The van der Waals surface area contributed by atoms with E-state index >= 15 is 0 Å². The molecule has 1 aliphatic carbocycles. The van der Waals surface area contributed by atoms with Crippen molar-refractivity contribution in [3.05, 3.63) is 18.0 Å². The van der Waals surface area contributed by atoms with Crippen LogP contribution >= 0.6 is 0 Å². The van der Waals surface area contributed by atoms with Crippen LogP contribution in [0.25, 0.3) is 0 Å². The summed E-state index contributed by atoms with van der Waals surface area (Å²) in [5.74, 6) is 0.730. The summed E-state index contributed by atoms with van der Waals surface area (Å²) in [5, 5.41) is 4.18. The molecule has 2 N–H and O–H groups in total. The zero-order chi connectivity index (χ0) is 12.3. The first-order valence-electron chi connectivity index (χ1n) is 6.52. The van der Waals surface area contributed by atoms with Crippen LogP contribution in [0, 0.1) is 5.92 Å². The quantitative estimate of drug-likeness (QED) is 0.852. The lowest BCUT2D eigenvalue weighted by Crippen LogP contribution is -2.28. The third-order valence-electron chi connectivity index (χ3n) is 3.52. The van der Waals surface area contributed by atoms with Gasteiger partial charge in [-0.05, 0) is 25.7 Å². The van der Waals surface area contributed by atoms with Crippen molar-refractivity contribution in [1.29, 1.82) is 0 Å². The largest absolute Gasteiger partial charge is 0.372 e. The molecular formula is C13H23N3O. The fraction of sp³-hybridized carbons (Fsp3) is 0.769. The Labute approximate surface area is 103 Å². The van der Waals surface area contributed by atoms with Gasteiger partial charge in [0.25, 0.3) is 0 Å². The standard InChI is InChI=1S/C13H23N3O/c1-10(14)13(12-7-15-16(2)8-12)17-9-11-5-3-4-6-11/h7-8,10-11,13H,3-6,9,14H2,1-2H3. The second-order valence-electron chi connectivity index (χ2n) is 5.21. The fourth-order valence-electron chi connectivity index (χ4n) is 2.56. The van der Waals surface area contributed by atoms with E-state index in [9.17, 15) is 0 Å². The molecule has 1 aromatic heterocycles. The third kappa shape index (κ3) is 3.30. The minimum absolute atomic E-state index is 0.000558. The Morgan fingerprint density at radius 3 is 2.76 bits per heavy atom. The summed E-state index contributed by atoms with van der Waals surface area (Å²) in [6, 6.07) is 0.000558. The van der Waals surface area contributed by atoms with Gasteiger partial charge in [-0.15, -0.1) is 0 Å². The molecule has 96 valence electrons. The number of hydrogen-bond acceptors (Lipinski definition) is 3. The van der Waals surface area contributed by atoms with Crippen molar-refractivity contribution >= 4 is 0 Å². The number of nitrogens with zero attached hydrogens (tertiary/aromatic N) is 2. The van der Waals surface area contributed by atoms with Crippen LogP contribution in [0.4, 0.5) is 0 Å². The first kappa shape index (κ1) is 12.6. The molecule has 0 spiro atoms. The molecule has 1 aromatic rings. The number of nitrogens with two attached hydrogens (primary N) is 1. The van der Waals surface area contributed by atoms with Gasteiger partial charge in [-0.1, -0.05) is 12.8 Å². The zero-order valence-corrected chi connectivity index (χ0v) is 10.8. The highest BCUT2D eigenvalue weighted by Crippen LogP contribution is 2.28. The highest BCUT2D eigenvalue weighted by molar-refractivity contribution is 5.10. The van der Waals surface area contributed by atoms with E-state index in [1.54, 1.807) is 4.68 Å². The van der Waals surface area contributed by atoms with Gasteiger partial charge in [0, 0.05) is 24.8 Å². The van der Waals surface area contributed by atoms with Crippen LogP contribution in [0.1, 0.15) is 44.3 Å². The number of ether oxygens (including phenoxy) is 1. The van der Waals surface area contributed by atoms with Gasteiger partial charge in [0.2, 0.25) is 0 Å². The van der Waals surface area contributed by atoms with Crippen LogP contribution < -0.4 is 5.73 Å². The maximum absolute atomic E-state index is 6.01. The van der Waals surface area contributed by atoms with Crippen LogP contribution in [0.2, 0.25) is 0 Å². The Morgan fingerprint density at radius 2 is 2.24 bits per heavy atom. The van der Waals surface area contributed by atoms with E-state index < -0.39 is 0 Å². The second kappa shape index (κ2) is 5.65.